The van der Waals surface area contributed by atoms with E-state index in [1.54, 1.807) is 8.46 Å². The number of aromatic nitrogens is 2. The fourth-order valence-electron chi connectivity index (χ4n) is 2.06. The van der Waals surface area contributed by atoms with Gasteiger partial charge in [0.15, 0.2) is 0 Å². The minimum atomic E-state index is 1.06. The van der Waals surface area contributed by atoms with Crippen molar-refractivity contribution in [3.8, 4) is 0 Å². The molecule has 2 aromatic heterocycles. The molecule has 0 fully saturated rings. The number of hydrogen-bond donors (Lipinski definition) is 0. The van der Waals surface area contributed by atoms with E-state index in [1.165, 1.54) is 10.9 Å². The third-order valence-electron chi connectivity index (χ3n) is 2.74. The first-order valence-corrected chi connectivity index (χ1v) is 12.7. The molecule has 0 bridgehead atoms. The minimum absolute atomic E-state index is 1.06. The van der Waals surface area contributed by atoms with Gasteiger partial charge in [-0.25, -0.2) is 0 Å². The summed E-state index contributed by atoms with van der Waals surface area (Å²) in [6.07, 6.45) is 1.81. The molecular formula is C17H18CuI2N2. The van der Waals surface area contributed by atoms with Crippen molar-refractivity contribution in [3.63, 3.8) is 0 Å². The number of nitrogens with zero attached hydrogens (tertiary/aromatic N) is 2. The van der Waals surface area contributed by atoms with Crippen molar-refractivity contribution in [2.75, 3.05) is 0 Å². The van der Waals surface area contributed by atoms with Gasteiger partial charge in [-0.15, -0.1) is 0 Å². The van der Waals surface area contributed by atoms with Crippen LogP contribution in [-0.4, -0.2) is 9.97 Å². The fourth-order valence-corrected chi connectivity index (χ4v) is 2.06. The number of pyridine rings is 2. The average Bonchev–Trinajstić information content (AvgIpc) is 2.47. The van der Waals surface area contributed by atoms with E-state index in [4.69, 9.17) is 0 Å². The monoisotopic (exact) mass is 567 g/mol. The molecule has 0 aliphatic rings. The molecule has 0 atom stereocenters. The Morgan fingerprint density at radius 1 is 0.864 bits per heavy atom. The molecule has 0 saturated carbocycles. The predicted octanol–water partition coefficient (Wildman–Crippen LogP) is 6.01. The van der Waals surface area contributed by atoms with Crippen LogP contribution in [0.15, 0.2) is 54.7 Å². The quantitative estimate of drug-likeness (QED) is 0.246. The Balaban J connectivity index is 0.000000189. The zero-order chi connectivity index (χ0) is 16.4. The second-order valence-electron chi connectivity index (χ2n) is 4.67. The Morgan fingerprint density at radius 3 is 1.95 bits per heavy atom. The molecule has 3 rings (SSSR count). The molecule has 121 valence electrons. The topological polar surface area (TPSA) is 25.8 Å². The normalized spacial score (nSPS) is 9.50. The second-order valence-corrected chi connectivity index (χ2v) is 12.6. The third-order valence-corrected chi connectivity index (χ3v) is 2.74. The Morgan fingerprint density at radius 2 is 1.41 bits per heavy atom. The van der Waals surface area contributed by atoms with Crippen LogP contribution in [0.5, 0.6) is 0 Å². The van der Waals surface area contributed by atoms with Crippen molar-refractivity contribution in [3.05, 3.63) is 71.7 Å². The zero-order valence-corrected chi connectivity index (χ0v) is 17.9. The average molecular weight is 568 g/mol. The van der Waals surface area contributed by atoms with Crippen LogP contribution >= 0.6 is 40.7 Å². The van der Waals surface area contributed by atoms with Crippen molar-refractivity contribution in [1.29, 1.82) is 0 Å². The maximum atomic E-state index is 4.23. The van der Waals surface area contributed by atoms with Crippen molar-refractivity contribution in [2.45, 2.75) is 20.8 Å². The number of para-hydroxylation sites is 1. The summed E-state index contributed by atoms with van der Waals surface area (Å²) < 4.78 is 0. The Bertz CT molecular complexity index is 589. The molecular weight excluding hydrogens is 550 g/mol. The van der Waals surface area contributed by atoms with E-state index in [1.807, 2.05) is 44.3 Å². The Labute approximate surface area is 161 Å². The second kappa shape index (κ2) is 11.3. The standard InChI is InChI=1S/C9H7N.C8H11N.Cu.2HI/c1-2-6-9-8(4-1)5-3-7-10-9;1-6-4-7(2)9-8(3)5-6;;;/h1-7H;4-5H,1-3H3;;2*1H/q;;+2;;/p-2. The molecule has 3 aromatic rings. The molecule has 0 spiro atoms. The summed E-state index contributed by atoms with van der Waals surface area (Å²) in [5, 5.41) is 1.20. The summed E-state index contributed by atoms with van der Waals surface area (Å²) in [4.78, 5) is 8.42. The summed E-state index contributed by atoms with van der Waals surface area (Å²) in [5.74, 6) is 0. The number of rotatable bonds is 0. The van der Waals surface area contributed by atoms with Gasteiger partial charge in [0.2, 0.25) is 0 Å². The fraction of sp³-hybridized carbons (Fsp3) is 0.176. The number of fused-ring (bicyclic) bond motifs is 1. The number of benzene rings is 1. The van der Waals surface area contributed by atoms with Crippen molar-refractivity contribution in [2.24, 2.45) is 0 Å². The van der Waals surface area contributed by atoms with Gasteiger partial charge >= 0.3 is 49.1 Å². The third kappa shape index (κ3) is 7.85. The van der Waals surface area contributed by atoms with Crippen molar-refractivity contribution >= 4 is 51.6 Å². The molecule has 0 radical (unpaired) electrons. The molecule has 0 aliphatic heterocycles. The van der Waals surface area contributed by atoms with E-state index in [0.717, 1.165) is 16.9 Å². The smallest absolute Gasteiger partial charge is 0.0701 e. The molecule has 5 heteroatoms. The molecule has 0 amide bonds. The molecule has 2 heterocycles. The molecule has 1 aromatic carbocycles. The van der Waals surface area contributed by atoms with Gasteiger partial charge in [0.1, 0.15) is 0 Å². The van der Waals surface area contributed by atoms with Gasteiger partial charge in [-0.1, -0.05) is 24.3 Å². The summed E-state index contributed by atoms with van der Waals surface area (Å²) in [7, 11) is 1.75. The molecule has 0 unspecified atom stereocenters. The van der Waals surface area contributed by atoms with Gasteiger partial charge in [-0.05, 0) is 50.6 Å². The largest absolute Gasteiger partial charge is 0.256 e. The summed E-state index contributed by atoms with van der Waals surface area (Å²) in [6, 6.07) is 16.2. The summed E-state index contributed by atoms with van der Waals surface area (Å²) in [6.45, 7) is 6.11. The predicted molar refractivity (Wildman–Crippen MR) is 108 cm³/mol. The Kier molecular flexibility index (Phi) is 10.2. The van der Waals surface area contributed by atoms with E-state index in [2.05, 4.69) is 81.8 Å². The van der Waals surface area contributed by atoms with Crippen LogP contribution in [0.25, 0.3) is 10.9 Å². The molecule has 0 N–H and O–H groups in total. The molecule has 22 heavy (non-hydrogen) atoms. The maximum Gasteiger partial charge on any atom is 0.0701 e. The van der Waals surface area contributed by atoms with Crippen LogP contribution in [-0.2, 0) is 8.46 Å². The first kappa shape index (κ1) is 19.8. The van der Waals surface area contributed by atoms with E-state index >= 15 is 0 Å². The van der Waals surface area contributed by atoms with Crippen LogP contribution in [0.1, 0.15) is 17.0 Å². The van der Waals surface area contributed by atoms with E-state index in [-0.39, 0.29) is 0 Å². The first-order chi connectivity index (χ1) is 10.6. The van der Waals surface area contributed by atoms with Crippen LogP contribution in [0, 0.1) is 20.8 Å². The van der Waals surface area contributed by atoms with Crippen LogP contribution in [0.2, 0.25) is 0 Å². The first-order valence-electron chi connectivity index (χ1n) is 6.59. The van der Waals surface area contributed by atoms with Crippen LogP contribution in [0.3, 0.4) is 0 Å². The minimum Gasteiger partial charge on any atom is -0.256 e. The number of halogens is 2. The summed E-state index contributed by atoms with van der Waals surface area (Å²) in [5.41, 5.74) is 4.56. The molecule has 2 nitrogen and oxygen atoms in total. The van der Waals surface area contributed by atoms with E-state index < -0.39 is 0 Å². The molecule has 0 saturated heterocycles. The van der Waals surface area contributed by atoms with Gasteiger partial charge in [-0.2, -0.15) is 0 Å². The molecule has 0 aliphatic carbocycles. The van der Waals surface area contributed by atoms with Gasteiger partial charge in [0.05, 0.1) is 5.52 Å². The van der Waals surface area contributed by atoms with Gasteiger partial charge in [0, 0.05) is 23.0 Å². The number of aryl methyl sites for hydroxylation is 3. The van der Waals surface area contributed by atoms with Gasteiger partial charge < -0.3 is 0 Å². The van der Waals surface area contributed by atoms with Gasteiger partial charge in [0.25, 0.3) is 0 Å². The van der Waals surface area contributed by atoms with E-state index in [0.29, 0.717) is 0 Å². The van der Waals surface area contributed by atoms with Crippen LogP contribution < -0.4 is 0 Å². The van der Waals surface area contributed by atoms with Crippen LogP contribution in [0.4, 0.5) is 0 Å². The van der Waals surface area contributed by atoms with Crippen molar-refractivity contribution in [1.82, 2.24) is 9.97 Å². The summed E-state index contributed by atoms with van der Waals surface area (Å²) >= 11 is 4.36. The van der Waals surface area contributed by atoms with E-state index in [9.17, 15) is 0 Å². The number of hydrogen-bond acceptors (Lipinski definition) is 2. The van der Waals surface area contributed by atoms with Gasteiger partial charge in [-0.3, -0.25) is 9.97 Å². The maximum absolute atomic E-state index is 4.23. The SMILES string of the molecule is Cc1cc(C)nc(C)c1.[I][Cu][I].c1ccc2ncccc2c1. The Hall–Kier alpha value is -0.241. The zero-order valence-electron chi connectivity index (χ0n) is 12.6. The van der Waals surface area contributed by atoms with Crippen molar-refractivity contribution < 1.29 is 8.46 Å².